The van der Waals surface area contributed by atoms with E-state index in [4.69, 9.17) is 4.74 Å². The summed E-state index contributed by atoms with van der Waals surface area (Å²) in [5.74, 6) is -0.0882. The number of carbonyl (C=O) groups is 1. The highest BCUT2D eigenvalue weighted by Gasteiger charge is 2.22. The van der Waals surface area contributed by atoms with Crippen molar-refractivity contribution in [3.8, 4) is 0 Å². The normalized spacial score (nSPS) is 14.8. The van der Waals surface area contributed by atoms with Crippen LogP contribution < -0.4 is 10.2 Å². The molecule has 1 aliphatic heterocycles. The monoisotopic (exact) mass is 414 g/mol. The summed E-state index contributed by atoms with van der Waals surface area (Å²) in [5, 5.41) is 3.17. The first-order valence-corrected chi connectivity index (χ1v) is 9.48. The summed E-state index contributed by atoms with van der Waals surface area (Å²) in [6, 6.07) is 15.5. The number of rotatable bonds is 5. The quantitative estimate of drug-likeness (QED) is 0.771. The lowest BCUT2D eigenvalue weighted by Crippen LogP contribution is -2.30. The molecule has 0 spiro atoms. The Morgan fingerprint density at radius 3 is 2.38 bits per heavy atom. The van der Waals surface area contributed by atoms with Crippen molar-refractivity contribution in [3.63, 3.8) is 0 Å². The molecule has 2 aromatic rings. The van der Waals surface area contributed by atoms with Crippen LogP contribution in [0.1, 0.15) is 34.8 Å². The molecule has 1 atom stereocenters. The van der Waals surface area contributed by atoms with E-state index in [9.17, 15) is 4.79 Å². The number of carbonyl (C=O) groups excluding carboxylic acids is 1. The highest BCUT2D eigenvalue weighted by molar-refractivity contribution is 9.10. The van der Waals surface area contributed by atoms with E-state index < -0.39 is 0 Å². The number of halogens is 1. The van der Waals surface area contributed by atoms with E-state index in [1.807, 2.05) is 67.5 Å². The Labute approximate surface area is 163 Å². The zero-order chi connectivity index (χ0) is 18.5. The summed E-state index contributed by atoms with van der Waals surface area (Å²) in [4.78, 5) is 14.8. The Balaban J connectivity index is 1.83. The molecule has 0 saturated heterocycles. The standard InChI is InChI=1S/C21H23BrN2O2/c1-24(2)19-11-7-16(8-12-19)21(25)23-20(17-4-3-13-26-14-17)15-5-9-18(22)10-6-15/h5-12,14,20H,3-4,13H2,1-2H3,(H,23,25)/t20-/m0/s1. The first-order valence-electron chi connectivity index (χ1n) is 8.69. The molecule has 0 bridgehead atoms. The minimum Gasteiger partial charge on any atom is -0.501 e. The summed E-state index contributed by atoms with van der Waals surface area (Å²) in [5.41, 5.74) is 3.85. The number of hydrogen-bond acceptors (Lipinski definition) is 3. The minimum atomic E-state index is -0.190. The van der Waals surface area contributed by atoms with Gasteiger partial charge in [0, 0.05) is 29.8 Å². The van der Waals surface area contributed by atoms with Crippen LogP contribution in [0.5, 0.6) is 0 Å². The van der Waals surface area contributed by atoms with E-state index in [-0.39, 0.29) is 11.9 Å². The molecule has 136 valence electrons. The maximum atomic E-state index is 12.8. The van der Waals surface area contributed by atoms with E-state index in [0.717, 1.165) is 40.7 Å². The summed E-state index contributed by atoms with van der Waals surface area (Å²) in [7, 11) is 3.96. The highest BCUT2D eigenvalue weighted by Crippen LogP contribution is 2.29. The van der Waals surface area contributed by atoms with Crippen LogP contribution in [0.2, 0.25) is 0 Å². The second kappa shape index (κ2) is 8.41. The molecule has 2 aromatic carbocycles. The lowest BCUT2D eigenvalue weighted by Gasteiger charge is -2.25. The second-order valence-corrected chi connectivity index (χ2v) is 7.48. The van der Waals surface area contributed by atoms with Crippen molar-refractivity contribution in [3.05, 3.63) is 76.0 Å². The molecule has 26 heavy (non-hydrogen) atoms. The third-order valence-electron chi connectivity index (χ3n) is 4.46. The molecule has 1 heterocycles. The molecule has 0 radical (unpaired) electrons. The van der Waals surface area contributed by atoms with Gasteiger partial charge in [-0.05, 0) is 60.4 Å². The molecule has 3 rings (SSSR count). The van der Waals surface area contributed by atoms with Gasteiger partial charge in [-0.3, -0.25) is 4.79 Å². The fourth-order valence-corrected chi connectivity index (χ4v) is 3.23. The zero-order valence-corrected chi connectivity index (χ0v) is 16.6. The van der Waals surface area contributed by atoms with Crippen molar-refractivity contribution in [2.75, 3.05) is 25.6 Å². The van der Waals surface area contributed by atoms with Gasteiger partial charge in [-0.15, -0.1) is 0 Å². The van der Waals surface area contributed by atoms with Crippen molar-refractivity contribution < 1.29 is 9.53 Å². The fourth-order valence-electron chi connectivity index (χ4n) is 2.97. The fraction of sp³-hybridized carbons (Fsp3) is 0.286. The van der Waals surface area contributed by atoms with E-state index >= 15 is 0 Å². The largest absolute Gasteiger partial charge is 0.501 e. The van der Waals surface area contributed by atoms with Crippen LogP contribution in [0, 0.1) is 0 Å². The van der Waals surface area contributed by atoms with Crippen molar-refractivity contribution in [1.82, 2.24) is 5.32 Å². The zero-order valence-electron chi connectivity index (χ0n) is 15.0. The van der Waals surface area contributed by atoms with Gasteiger partial charge in [-0.25, -0.2) is 0 Å². The molecule has 1 N–H and O–H groups in total. The summed E-state index contributed by atoms with van der Waals surface area (Å²) in [6.07, 6.45) is 3.68. The number of ether oxygens (including phenoxy) is 1. The van der Waals surface area contributed by atoms with Crippen molar-refractivity contribution >= 4 is 27.5 Å². The van der Waals surface area contributed by atoms with Gasteiger partial charge in [0.1, 0.15) is 0 Å². The van der Waals surface area contributed by atoms with Gasteiger partial charge in [-0.2, -0.15) is 0 Å². The summed E-state index contributed by atoms with van der Waals surface area (Å²) < 4.78 is 6.52. The van der Waals surface area contributed by atoms with Crippen LogP contribution in [0.4, 0.5) is 5.69 Å². The van der Waals surface area contributed by atoms with Crippen LogP contribution in [-0.4, -0.2) is 26.6 Å². The number of benzene rings is 2. The Hall–Kier alpha value is -2.27. The summed E-state index contributed by atoms with van der Waals surface area (Å²) >= 11 is 3.47. The molecule has 5 heteroatoms. The molecule has 0 saturated carbocycles. The van der Waals surface area contributed by atoms with Crippen LogP contribution in [0.25, 0.3) is 0 Å². The number of anilines is 1. The van der Waals surface area contributed by atoms with E-state index in [2.05, 4.69) is 21.2 Å². The molecule has 0 aliphatic carbocycles. The van der Waals surface area contributed by atoms with Crippen LogP contribution in [-0.2, 0) is 4.74 Å². The van der Waals surface area contributed by atoms with Crippen molar-refractivity contribution in [1.29, 1.82) is 0 Å². The van der Waals surface area contributed by atoms with Gasteiger partial charge in [0.2, 0.25) is 0 Å². The number of nitrogens with one attached hydrogen (secondary N) is 1. The third-order valence-corrected chi connectivity index (χ3v) is 4.99. The topological polar surface area (TPSA) is 41.6 Å². The van der Waals surface area contributed by atoms with E-state index in [1.165, 1.54) is 0 Å². The Kier molecular flexibility index (Phi) is 5.99. The molecule has 0 unspecified atom stereocenters. The van der Waals surface area contributed by atoms with Crippen molar-refractivity contribution in [2.45, 2.75) is 18.9 Å². The predicted molar refractivity (Wildman–Crippen MR) is 108 cm³/mol. The first-order chi connectivity index (χ1) is 12.5. The Morgan fingerprint density at radius 1 is 1.12 bits per heavy atom. The summed E-state index contributed by atoms with van der Waals surface area (Å²) in [6.45, 7) is 0.733. The maximum Gasteiger partial charge on any atom is 0.252 e. The lowest BCUT2D eigenvalue weighted by molar-refractivity contribution is 0.0939. The SMILES string of the molecule is CN(C)c1ccc(C(=O)N[C@H](C2=COCCC2)c2ccc(Br)cc2)cc1. The Bertz CT molecular complexity index is 783. The average Bonchev–Trinajstić information content (AvgIpc) is 2.67. The predicted octanol–water partition coefficient (Wildman–Crippen LogP) is 4.68. The third kappa shape index (κ3) is 4.47. The van der Waals surface area contributed by atoms with E-state index in [0.29, 0.717) is 5.56 Å². The molecule has 0 aromatic heterocycles. The van der Waals surface area contributed by atoms with Crippen LogP contribution >= 0.6 is 15.9 Å². The number of hydrogen-bond donors (Lipinski definition) is 1. The number of nitrogens with zero attached hydrogens (tertiary/aromatic N) is 1. The maximum absolute atomic E-state index is 12.8. The van der Waals surface area contributed by atoms with Gasteiger partial charge in [0.25, 0.3) is 5.91 Å². The minimum absolute atomic E-state index is 0.0882. The number of amides is 1. The first kappa shape index (κ1) is 18.5. The molecular formula is C21H23BrN2O2. The molecule has 1 aliphatic rings. The van der Waals surface area contributed by atoms with Gasteiger partial charge in [0.15, 0.2) is 0 Å². The van der Waals surface area contributed by atoms with Crippen LogP contribution in [0.15, 0.2) is 64.8 Å². The lowest BCUT2D eigenvalue weighted by atomic mass is 9.95. The molecule has 1 amide bonds. The Morgan fingerprint density at radius 2 is 1.81 bits per heavy atom. The van der Waals surface area contributed by atoms with Gasteiger partial charge >= 0.3 is 0 Å². The van der Waals surface area contributed by atoms with Gasteiger partial charge in [-0.1, -0.05) is 28.1 Å². The smallest absolute Gasteiger partial charge is 0.252 e. The average molecular weight is 415 g/mol. The molecular weight excluding hydrogens is 392 g/mol. The van der Waals surface area contributed by atoms with Gasteiger partial charge < -0.3 is 15.0 Å². The molecule has 4 nitrogen and oxygen atoms in total. The van der Waals surface area contributed by atoms with E-state index in [1.54, 1.807) is 6.26 Å². The van der Waals surface area contributed by atoms with Gasteiger partial charge in [0.05, 0.1) is 18.9 Å². The second-order valence-electron chi connectivity index (χ2n) is 6.57. The molecule has 0 fully saturated rings. The highest BCUT2D eigenvalue weighted by atomic mass is 79.9. The van der Waals surface area contributed by atoms with Crippen LogP contribution in [0.3, 0.4) is 0 Å². The van der Waals surface area contributed by atoms with Crippen molar-refractivity contribution in [2.24, 2.45) is 0 Å².